The van der Waals surface area contributed by atoms with Gasteiger partial charge in [-0.2, -0.15) is 0 Å². The third-order valence-electron chi connectivity index (χ3n) is 2.84. The van der Waals surface area contributed by atoms with E-state index in [2.05, 4.69) is 41.5 Å². The van der Waals surface area contributed by atoms with Crippen molar-refractivity contribution < 1.29 is 4.79 Å². The molecule has 1 N–H and O–H groups in total. The van der Waals surface area contributed by atoms with Crippen molar-refractivity contribution in [2.45, 2.75) is 26.8 Å². The Morgan fingerprint density at radius 1 is 1.28 bits per heavy atom. The van der Waals surface area contributed by atoms with Crippen molar-refractivity contribution in [2.24, 2.45) is 5.92 Å². The van der Waals surface area contributed by atoms with E-state index in [9.17, 15) is 4.79 Å². The summed E-state index contributed by atoms with van der Waals surface area (Å²) >= 11 is 0. The van der Waals surface area contributed by atoms with Gasteiger partial charge in [0.25, 0.3) is 0 Å². The predicted molar refractivity (Wildman–Crippen MR) is 75.2 cm³/mol. The van der Waals surface area contributed by atoms with E-state index in [4.69, 9.17) is 0 Å². The van der Waals surface area contributed by atoms with Crippen LogP contribution >= 0.6 is 0 Å². The van der Waals surface area contributed by atoms with Crippen LogP contribution in [0.1, 0.15) is 25.8 Å². The average molecular weight is 248 g/mol. The van der Waals surface area contributed by atoms with Gasteiger partial charge >= 0.3 is 0 Å². The van der Waals surface area contributed by atoms with Crippen molar-refractivity contribution in [2.75, 3.05) is 20.1 Å². The zero-order chi connectivity index (χ0) is 13.4. The first-order chi connectivity index (χ1) is 8.59. The molecule has 3 nitrogen and oxygen atoms in total. The summed E-state index contributed by atoms with van der Waals surface area (Å²) in [5.41, 5.74) is 1.33. The van der Waals surface area contributed by atoms with Crippen LogP contribution in [0.3, 0.4) is 0 Å². The molecule has 0 spiro atoms. The number of carbonyl (C=O) groups is 1. The summed E-state index contributed by atoms with van der Waals surface area (Å²) in [6.07, 6.45) is 0.988. The molecule has 1 rings (SSSR count). The number of hydrogen-bond acceptors (Lipinski definition) is 2. The largest absolute Gasteiger partial charge is 0.356 e. The molecule has 0 aliphatic heterocycles. The van der Waals surface area contributed by atoms with Gasteiger partial charge in [0.15, 0.2) is 0 Å². The fourth-order valence-corrected chi connectivity index (χ4v) is 1.74. The molecule has 0 heterocycles. The second-order valence-electron chi connectivity index (χ2n) is 5.02. The van der Waals surface area contributed by atoms with E-state index in [0.717, 1.165) is 26.1 Å². The number of nitrogens with zero attached hydrogens (tertiary/aromatic N) is 1. The third kappa shape index (κ3) is 5.82. The van der Waals surface area contributed by atoms with Crippen LogP contribution in [-0.4, -0.2) is 30.9 Å². The van der Waals surface area contributed by atoms with E-state index in [0.29, 0.717) is 0 Å². The van der Waals surface area contributed by atoms with Gasteiger partial charge in [0, 0.05) is 19.0 Å². The third-order valence-corrected chi connectivity index (χ3v) is 2.84. The average Bonchev–Trinajstić information content (AvgIpc) is 2.35. The molecule has 0 saturated carbocycles. The molecule has 0 atom stereocenters. The summed E-state index contributed by atoms with van der Waals surface area (Å²) in [5, 5.41) is 2.94. The number of rotatable bonds is 7. The quantitative estimate of drug-likeness (QED) is 0.751. The number of amides is 1. The molecule has 1 aromatic rings. The van der Waals surface area contributed by atoms with Gasteiger partial charge in [-0.05, 0) is 25.6 Å². The summed E-state index contributed by atoms with van der Waals surface area (Å²) in [6, 6.07) is 10.4. The van der Waals surface area contributed by atoms with Gasteiger partial charge in [0.05, 0.1) is 0 Å². The summed E-state index contributed by atoms with van der Waals surface area (Å²) in [5.74, 6) is 0.216. The molecule has 0 unspecified atom stereocenters. The van der Waals surface area contributed by atoms with Crippen molar-refractivity contribution in [3.8, 4) is 0 Å². The van der Waals surface area contributed by atoms with Crippen LogP contribution in [0.5, 0.6) is 0 Å². The van der Waals surface area contributed by atoms with Crippen LogP contribution in [0.2, 0.25) is 0 Å². The summed E-state index contributed by atoms with van der Waals surface area (Å²) < 4.78 is 0. The molecule has 18 heavy (non-hydrogen) atoms. The Bertz CT molecular complexity index is 349. The van der Waals surface area contributed by atoms with E-state index in [1.165, 1.54) is 5.56 Å². The van der Waals surface area contributed by atoms with Crippen molar-refractivity contribution in [1.29, 1.82) is 0 Å². The minimum Gasteiger partial charge on any atom is -0.356 e. The van der Waals surface area contributed by atoms with Crippen LogP contribution in [0, 0.1) is 5.92 Å². The SMILES string of the molecule is CC(C)C(=O)NCCCN(C)Cc1ccccc1. The van der Waals surface area contributed by atoms with E-state index < -0.39 is 0 Å². The fraction of sp³-hybridized carbons (Fsp3) is 0.533. The van der Waals surface area contributed by atoms with Gasteiger partial charge in [-0.25, -0.2) is 0 Å². The second-order valence-corrected chi connectivity index (χ2v) is 5.02. The highest BCUT2D eigenvalue weighted by Crippen LogP contribution is 2.02. The number of hydrogen-bond donors (Lipinski definition) is 1. The van der Waals surface area contributed by atoms with Crippen LogP contribution in [-0.2, 0) is 11.3 Å². The van der Waals surface area contributed by atoms with Gasteiger partial charge in [0.2, 0.25) is 5.91 Å². The Kier molecular flexibility index (Phi) is 6.44. The molecule has 3 heteroatoms. The molecule has 1 aromatic carbocycles. The maximum absolute atomic E-state index is 11.4. The number of carbonyl (C=O) groups excluding carboxylic acids is 1. The Morgan fingerprint density at radius 3 is 2.56 bits per heavy atom. The van der Waals surface area contributed by atoms with Crippen molar-refractivity contribution in [3.05, 3.63) is 35.9 Å². The zero-order valence-corrected chi connectivity index (χ0v) is 11.6. The number of benzene rings is 1. The van der Waals surface area contributed by atoms with E-state index in [-0.39, 0.29) is 11.8 Å². The summed E-state index contributed by atoms with van der Waals surface area (Å²) in [7, 11) is 2.11. The smallest absolute Gasteiger partial charge is 0.222 e. The highest BCUT2D eigenvalue weighted by Gasteiger charge is 2.05. The Balaban J connectivity index is 2.14. The Hall–Kier alpha value is -1.35. The number of nitrogens with one attached hydrogen (secondary N) is 1. The topological polar surface area (TPSA) is 32.3 Å². The highest BCUT2D eigenvalue weighted by atomic mass is 16.1. The van der Waals surface area contributed by atoms with Crippen molar-refractivity contribution >= 4 is 5.91 Å². The normalized spacial score (nSPS) is 10.9. The molecule has 100 valence electrons. The Labute approximate surface area is 110 Å². The van der Waals surface area contributed by atoms with Gasteiger partial charge in [-0.15, -0.1) is 0 Å². The van der Waals surface area contributed by atoms with E-state index in [1.807, 2.05) is 19.9 Å². The maximum Gasteiger partial charge on any atom is 0.222 e. The lowest BCUT2D eigenvalue weighted by Crippen LogP contribution is -2.30. The van der Waals surface area contributed by atoms with Crippen LogP contribution in [0.25, 0.3) is 0 Å². The molecule has 1 amide bonds. The maximum atomic E-state index is 11.4. The van der Waals surface area contributed by atoms with Crippen molar-refractivity contribution in [3.63, 3.8) is 0 Å². The molecular weight excluding hydrogens is 224 g/mol. The minimum absolute atomic E-state index is 0.0760. The molecule has 0 bridgehead atoms. The molecule has 0 aromatic heterocycles. The molecule has 0 saturated heterocycles. The molecule has 0 fully saturated rings. The monoisotopic (exact) mass is 248 g/mol. The van der Waals surface area contributed by atoms with Gasteiger partial charge in [0.1, 0.15) is 0 Å². The van der Waals surface area contributed by atoms with Crippen LogP contribution in [0.15, 0.2) is 30.3 Å². The first-order valence-electron chi connectivity index (χ1n) is 6.59. The fourth-order valence-electron chi connectivity index (χ4n) is 1.74. The lowest BCUT2D eigenvalue weighted by Gasteiger charge is -2.17. The van der Waals surface area contributed by atoms with Gasteiger partial charge in [-0.3, -0.25) is 4.79 Å². The van der Waals surface area contributed by atoms with Gasteiger partial charge < -0.3 is 10.2 Å². The predicted octanol–water partition coefficient (Wildman–Crippen LogP) is 2.28. The summed E-state index contributed by atoms with van der Waals surface area (Å²) in [6.45, 7) is 6.54. The first kappa shape index (κ1) is 14.7. The van der Waals surface area contributed by atoms with Crippen LogP contribution in [0.4, 0.5) is 0 Å². The highest BCUT2D eigenvalue weighted by molar-refractivity contribution is 5.77. The zero-order valence-electron chi connectivity index (χ0n) is 11.6. The Morgan fingerprint density at radius 2 is 1.94 bits per heavy atom. The lowest BCUT2D eigenvalue weighted by molar-refractivity contribution is -0.123. The van der Waals surface area contributed by atoms with E-state index in [1.54, 1.807) is 0 Å². The lowest BCUT2D eigenvalue weighted by atomic mass is 10.2. The second kappa shape index (κ2) is 7.88. The molecule has 0 aliphatic carbocycles. The van der Waals surface area contributed by atoms with Gasteiger partial charge in [-0.1, -0.05) is 44.2 Å². The van der Waals surface area contributed by atoms with E-state index >= 15 is 0 Å². The molecular formula is C15H24N2O. The molecule has 0 radical (unpaired) electrons. The first-order valence-corrected chi connectivity index (χ1v) is 6.59. The van der Waals surface area contributed by atoms with Crippen molar-refractivity contribution in [1.82, 2.24) is 10.2 Å². The summed E-state index contributed by atoms with van der Waals surface area (Å²) in [4.78, 5) is 13.6. The minimum atomic E-state index is 0.0760. The molecule has 0 aliphatic rings. The van der Waals surface area contributed by atoms with Crippen LogP contribution < -0.4 is 5.32 Å². The standard InChI is InChI=1S/C15H24N2O/c1-13(2)15(18)16-10-7-11-17(3)12-14-8-5-4-6-9-14/h4-6,8-9,13H,7,10-12H2,1-3H3,(H,16,18).